The number of anilines is 1. The first-order chi connectivity index (χ1) is 12.4. The molecular formula is C15H20N6O4S. The van der Waals surface area contributed by atoms with Crippen LogP contribution in [0.2, 0.25) is 0 Å². The summed E-state index contributed by atoms with van der Waals surface area (Å²) in [5.74, 6) is 0.534. The number of hydrogen-bond donors (Lipinski definition) is 1. The molecule has 3 heterocycles. The van der Waals surface area contributed by atoms with E-state index in [2.05, 4.69) is 19.8 Å². The first-order valence-electron chi connectivity index (χ1n) is 8.11. The lowest BCUT2D eigenvalue weighted by molar-refractivity contribution is -0.130. The Kier molecular flexibility index (Phi) is 5.18. The molecule has 1 saturated heterocycles. The molecule has 0 bridgehead atoms. The number of carbonyl (C=O) groups excluding carboxylic acids is 1. The maximum Gasteiger partial charge on any atom is 0.246 e. The van der Waals surface area contributed by atoms with Crippen molar-refractivity contribution in [3.05, 3.63) is 29.9 Å². The summed E-state index contributed by atoms with van der Waals surface area (Å²) in [5.41, 5.74) is 0.263. The van der Waals surface area contributed by atoms with Crippen molar-refractivity contribution in [2.75, 3.05) is 37.6 Å². The summed E-state index contributed by atoms with van der Waals surface area (Å²) in [6, 6.07) is 1.74. The Bertz CT molecular complexity index is 855. The Morgan fingerprint density at radius 2 is 1.85 bits per heavy atom. The van der Waals surface area contributed by atoms with Gasteiger partial charge in [-0.25, -0.2) is 23.1 Å². The monoisotopic (exact) mass is 380 g/mol. The minimum atomic E-state index is -3.85. The lowest BCUT2D eigenvalue weighted by Crippen LogP contribution is -2.51. The van der Waals surface area contributed by atoms with Crippen LogP contribution in [0.4, 0.5) is 5.95 Å². The molecule has 0 aliphatic carbocycles. The highest BCUT2D eigenvalue weighted by Gasteiger charge is 2.27. The van der Waals surface area contributed by atoms with Gasteiger partial charge >= 0.3 is 0 Å². The molecule has 0 radical (unpaired) electrons. The van der Waals surface area contributed by atoms with Gasteiger partial charge in [0.1, 0.15) is 10.6 Å². The van der Waals surface area contributed by atoms with Gasteiger partial charge in [0.15, 0.2) is 5.76 Å². The largest absolute Gasteiger partial charge is 0.360 e. The van der Waals surface area contributed by atoms with Gasteiger partial charge in [-0.15, -0.1) is 0 Å². The van der Waals surface area contributed by atoms with E-state index in [0.29, 0.717) is 32.1 Å². The molecule has 2 aromatic rings. The number of aromatic nitrogens is 3. The summed E-state index contributed by atoms with van der Waals surface area (Å²) in [6.45, 7) is 4.88. The van der Waals surface area contributed by atoms with Crippen molar-refractivity contribution in [2.45, 2.75) is 18.7 Å². The third-order valence-electron chi connectivity index (χ3n) is 4.12. The van der Waals surface area contributed by atoms with Crippen molar-refractivity contribution in [3.63, 3.8) is 0 Å². The van der Waals surface area contributed by atoms with E-state index in [-0.39, 0.29) is 28.8 Å². The first-order valence-corrected chi connectivity index (χ1v) is 9.59. The molecule has 0 unspecified atom stereocenters. The molecule has 0 saturated carbocycles. The zero-order valence-corrected chi connectivity index (χ0v) is 15.4. The normalized spacial score (nSPS) is 15.3. The van der Waals surface area contributed by atoms with Gasteiger partial charge in [-0.05, 0) is 19.9 Å². The van der Waals surface area contributed by atoms with Gasteiger partial charge < -0.3 is 14.3 Å². The molecular weight excluding hydrogens is 360 g/mol. The summed E-state index contributed by atoms with van der Waals surface area (Å²) >= 11 is 0. The Morgan fingerprint density at radius 1 is 1.19 bits per heavy atom. The molecule has 26 heavy (non-hydrogen) atoms. The minimum absolute atomic E-state index is 0.0173. The van der Waals surface area contributed by atoms with Gasteiger partial charge in [0.2, 0.25) is 21.9 Å². The molecule has 1 aliphatic heterocycles. The molecule has 0 aromatic carbocycles. The minimum Gasteiger partial charge on any atom is -0.360 e. The predicted octanol–water partition coefficient (Wildman–Crippen LogP) is -0.291. The average molecular weight is 380 g/mol. The quantitative estimate of drug-likeness (QED) is 0.751. The van der Waals surface area contributed by atoms with E-state index in [9.17, 15) is 13.2 Å². The number of hydrogen-bond acceptors (Lipinski definition) is 8. The predicted molar refractivity (Wildman–Crippen MR) is 92.0 cm³/mol. The number of rotatable bonds is 5. The fourth-order valence-corrected chi connectivity index (χ4v) is 4.11. The number of piperazine rings is 1. The lowest BCUT2D eigenvalue weighted by Gasteiger charge is -2.34. The van der Waals surface area contributed by atoms with Crippen molar-refractivity contribution in [2.24, 2.45) is 0 Å². The van der Waals surface area contributed by atoms with E-state index in [1.54, 1.807) is 23.4 Å². The van der Waals surface area contributed by atoms with Gasteiger partial charge in [0.05, 0.1) is 6.54 Å². The third kappa shape index (κ3) is 3.83. The van der Waals surface area contributed by atoms with Crippen molar-refractivity contribution in [1.29, 1.82) is 0 Å². The number of carbonyl (C=O) groups is 1. The van der Waals surface area contributed by atoms with Crippen LogP contribution < -0.4 is 9.62 Å². The van der Waals surface area contributed by atoms with E-state index in [1.165, 1.54) is 13.8 Å². The molecule has 10 nitrogen and oxygen atoms in total. The molecule has 1 aliphatic rings. The van der Waals surface area contributed by atoms with Crippen LogP contribution in [-0.2, 0) is 14.8 Å². The summed E-state index contributed by atoms with van der Waals surface area (Å²) < 4.78 is 31.9. The van der Waals surface area contributed by atoms with Gasteiger partial charge in [0, 0.05) is 38.6 Å². The van der Waals surface area contributed by atoms with Crippen molar-refractivity contribution < 1.29 is 17.7 Å². The topological polar surface area (TPSA) is 122 Å². The highest BCUT2D eigenvalue weighted by Crippen LogP contribution is 2.18. The second-order valence-electron chi connectivity index (χ2n) is 5.89. The number of sulfonamides is 1. The fraction of sp³-hybridized carbons (Fsp3) is 0.467. The van der Waals surface area contributed by atoms with Crippen molar-refractivity contribution in [3.8, 4) is 0 Å². The van der Waals surface area contributed by atoms with Crippen LogP contribution in [0, 0.1) is 13.8 Å². The van der Waals surface area contributed by atoms with E-state index in [1.807, 2.05) is 4.90 Å². The molecule has 1 amide bonds. The SMILES string of the molecule is Cc1noc(C)c1S(=O)(=O)NCC(=O)N1CCN(c2ncccn2)CC1. The average Bonchev–Trinajstić information content (AvgIpc) is 3.00. The zero-order chi connectivity index (χ0) is 18.7. The molecule has 0 atom stereocenters. The maximum atomic E-state index is 12.4. The zero-order valence-electron chi connectivity index (χ0n) is 14.5. The first kappa shape index (κ1) is 18.3. The molecule has 1 fully saturated rings. The smallest absolute Gasteiger partial charge is 0.246 e. The second-order valence-corrected chi connectivity index (χ2v) is 7.60. The molecule has 3 rings (SSSR count). The van der Waals surface area contributed by atoms with E-state index in [4.69, 9.17) is 4.52 Å². The Balaban J connectivity index is 1.55. The second kappa shape index (κ2) is 7.38. The summed E-state index contributed by atoms with van der Waals surface area (Å²) in [6.07, 6.45) is 3.34. The summed E-state index contributed by atoms with van der Waals surface area (Å²) in [7, 11) is -3.85. The Morgan fingerprint density at radius 3 is 2.42 bits per heavy atom. The Hall–Kier alpha value is -2.53. The van der Waals surface area contributed by atoms with Crippen LogP contribution in [0.5, 0.6) is 0 Å². The number of nitrogens with zero attached hydrogens (tertiary/aromatic N) is 5. The van der Waals surface area contributed by atoms with Gasteiger partial charge in [-0.3, -0.25) is 4.79 Å². The van der Waals surface area contributed by atoms with Gasteiger partial charge in [0.25, 0.3) is 0 Å². The third-order valence-corrected chi connectivity index (χ3v) is 5.76. The molecule has 140 valence electrons. The number of amides is 1. The fourth-order valence-electron chi connectivity index (χ4n) is 2.81. The molecule has 2 aromatic heterocycles. The van der Waals surface area contributed by atoms with Crippen LogP contribution in [0.25, 0.3) is 0 Å². The van der Waals surface area contributed by atoms with Crippen LogP contribution in [0.1, 0.15) is 11.5 Å². The standard InChI is InChI=1S/C15H20N6O4S/c1-11-14(12(2)25-19-11)26(23,24)18-10-13(22)20-6-8-21(9-7-20)15-16-4-3-5-17-15/h3-5,18H,6-10H2,1-2H3. The highest BCUT2D eigenvalue weighted by molar-refractivity contribution is 7.89. The van der Waals surface area contributed by atoms with E-state index < -0.39 is 10.0 Å². The van der Waals surface area contributed by atoms with Crippen molar-refractivity contribution in [1.82, 2.24) is 24.7 Å². The van der Waals surface area contributed by atoms with Crippen LogP contribution in [0.3, 0.4) is 0 Å². The number of nitrogens with one attached hydrogen (secondary N) is 1. The van der Waals surface area contributed by atoms with Crippen LogP contribution >= 0.6 is 0 Å². The molecule has 0 spiro atoms. The summed E-state index contributed by atoms with van der Waals surface area (Å²) in [4.78, 5) is 24.3. The van der Waals surface area contributed by atoms with E-state index >= 15 is 0 Å². The number of aryl methyl sites for hydroxylation is 2. The highest BCUT2D eigenvalue weighted by atomic mass is 32.2. The lowest BCUT2D eigenvalue weighted by atomic mass is 10.3. The van der Waals surface area contributed by atoms with Crippen LogP contribution in [0.15, 0.2) is 27.9 Å². The molecule has 1 N–H and O–H groups in total. The Labute approximate surface area is 151 Å². The van der Waals surface area contributed by atoms with E-state index in [0.717, 1.165) is 0 Å². The molecule has 11 heteroatoms. The summed E-state index contributed by atoms with van der Waals surface area (Å²) in [5, 5.41) is 3.63. The van der Waals surface area contributed by atoms with Crippen LogP contribution in [-0.4, -0.2) is 67.1 Å². The van der Waals surface area contributed by atoms with Crippen molar-refractivity contribution >= 4 is 21.9 Å². The van der Waals surface area contributed by atoms with Gasteiger partial charge in [-0.2, -0.15) is 0 Å². The maximum absolute atomic E-state index is 12.4. The van der Waals surface area contributed by atoms with Gasteiger partial charge in [-0.1, -0.05) is 5.16 Å².